The highest BCUT2D eigenvalue weighted by atomic mass is 32.2. The van der Waals surface area contributed by atoms with Crippen LogP contribution in [0.25, 0.3) is 0 Å². The first kappa shape index (κ1) is 18.1. The van der Waals surface area contributed by atoms with Crippen LogP contribution in [-0.2, 0) is 16.3 Å². The van der Waals surface area contributed by atoms with Crippen LogP contribution >= 0.6 is 0 Å². The van der Waals surface area contributed by atoms with Gasteiger partial charge in [0.2, 0.25) is 0 Å². The van der Waals surface area contributed by atoms with Gasteiger partial charge in [-0.2, -0.15) is 0 Å². The predicted octanol–water partition coefficient (Wildman–Crippen LogP) is 3.63. The average Bonchev–Trinajstić information content (AvgIpc) is 2.59. The first-order valence-electron chi connectivity index (χ1n) is 8.40. The van der Waals surface area contributed by atoms with E-state index < -0.39 is 9.84 Å². The van der Waals surface area contributed by atoms with Crippen molar-refractivity contribution >= 4 is 9.84 Å². The Morgan fingerprint density at radius 1 is 1.09 bits per heavy atom. The van der Waals surface area contributed by atoms with Crippen molar-refractivity contribution in [2.75, 3.05) is 20.0 Å². The van der Waals surface area contributed by atoms with E-state index in [-0.39, 0.29) is 11.0 Å². The maximum atomic E-state index is 12.6. The summed E-state index contributed by atoms with van der Waals surface area (Å²) in [5.41, 5.74) is 0.960. The molecule has 1 unspecified atom stereocenters. The Morgan fingerprint density at radius 3 is 2.35 bits per heavy atom. The van der Waals surface area contributed by atoms with Gasteiger partial charge in [0.05, 0.1) is 25.2 Å². The highest BCUT2D eigenvalue weighted by Gasteiger charge is 2.30. The zero-order chi connectivity index (χ0) is 16.9. The fourth-order valence-electron chi connectivity index (χ4n) is 3.38. The highest BCUT2D eigenvalue weighted by molar-refractivity contribution is 7.92. The van der Waals surface area contributed by atoms with Crippen molar-refractivity contribution in [2.45, 2.75) is 50.7 Å². The fraction of sp³-hybridized carbons (Fsp3) is 0.667. The minimum atomic E-state index is -3.07. The van der Waals surface area contributed by atoms with Crippen LogP contribution in [0, 0.1) is 5.92 Å². The molecule has 2 rings (SSSR count). The lowest BCUT2D eigenvalue weighted by atomic mass is 9.87. The van der Waals surface area contributed by atoms with Gasteiger partial charge in [-0.3, -0.25) is 0 Å². The summed E-state index contributed by atoms with van der Waals surface area (Å²) >= 11 is 0. The van der Waals surface area contributed by atoms with E-state index in [4.69, 9.17) is 9.47 Å². The van der Waals surface area contributed by atoms with Crippen LogP contribution in [0.2, 0.25) is 0 Å². The van der Waals surface area contributed by atoms with Crippen molar-refractivity contribution in [3.05, 3.63) is 23.8 Å². The van der Waals surface area contributed by atoms with E-state index in [1.165, 1.54) is 19.3 Å². The monoisotopic (exact) mass is 340 g/mol. The van der Waals surface area contributed by atoms with Gasteiger partial charge in [-0.1, -0.05) is 25.3 Å². The van der Waals surface area contributed by atoms with Crippen molar-refractivity contribution < 1.29 is 17.9 Å². The van der Waals surface area contributed by atoms with Crippen molar-refractivity contribution in [2.24, 2.45) is 5.92 Å². The molecule has 0 bridgehead atoms. The van der Waals surface area contributed by atoms with Gasteiger partial charge >= 0.3 is 0 Å². The van der Waals surface area contributed by atoms with E-state index in [9.17, 15) is 8.42 Å². The van der Waals surface area contributed by atoms with E-state index >= 15 is 0 Å². The van der Waals surface area contributed by atoms with Gasteiger partial charge < -0.3 is 9.47 Å². The molecule has 4 nitrogen and oxygen atoms in total. The topological polar surface area (TPSA) is 52.6 Å². The second kappa shape index (κ2) is 8.04. The summed E-state index contributed by atoms with van der Waals surface area (Å²) in [6.07, 6.45) is 6.20. The number of sulfone groups is 1. The number of rotatable bonds is 7. The lowest BCUT2D eigenvalue weighted by Gasteiger charge is -2.27. The first-order chi connectivity index (χ1) is 11.0. The maximum Gasteiger partial charge on any atom is 0.160 e. The molecule has 0 spiro atoms. The third-order valence-corrected chi connectivity index (χ3v) is 7.29. The first-order valence-corrected chi connectivity index (χ1v) is 10.1. The van der Waals surface area contributed by atoms with Crippen LogP contribution in [0.3, 0.4) is 0 Å². The summed E-state index contributed by atoms with van der Waals surface area (Å²) in [5.74, 6) is 1.83. The molecule has 1 fully saturated rings. The van der Waals surface area contributed by atoms with E-state index in [0.717, 1.165) is 18.4 Å². The molecule has 130 valence electrons. The quantitative estimate of drug-likeness (QED) is 0.760. The van der Waals surface area contributed by atoms with Gasteiger partial charge in [0, 0.05) is 0 Å². The zero-order valence-electron chi connectivity index (χ0n) is 14.4. The fourth-order valence-corrected chi connectivity index (χ4v) is 5.13. The lowest BCUT2D eigenvalue weighted by Crippen LogP contribution is -2.31. The third kappa shape index (κ3) is 4.63. The standard InChI is InChI=1S/C18H28O4S/c1-14(16-7-5-4-6-8-16)23(19,20)12-11-15-9-10-17(21-2)18(13-15)22-3/h9-10,13-14,16H,4-8,11-12H2,1-3H3. The van der Waals surface area contributed by atoms with Crippen LogP contribution < -0.4 is 9.47 Å². The molecular weight excluding hydrogens is 312 g/mol. The van der Waals surface area contributed by atoms with Gasteiger partial charge in [0.25, 0.3) is 0 Å². The highest BCUT2D eigenvalue weighted by Crippen LogP contribution is 2.31. The minimum absolute atomic E-state index is 0.195. The molecular formula is C18H28O4S. The second-order valence-electron chi connectivity index (χ2n) is 6.41. The minimum Gasteiger partial charge on any atom is -0.493 e. The molecule has 1 aliphatic carbocycles. The Balaban J connectivity index is 2.01. The molecule has 0 radical (unpaired) electrons. The van der Waals surface area contributed by atoms with Crippen molar-refractivity contribution in [1.29, 1.82) is 0 Å². The van der Waals surface area contributed by atoms with Gasteiger partial charge in [0.1, 0.15) is 0 Å². The number of methoxy groups -OCH3 is 2. The molecule has 0 saturated heterocycles. The molecule has 0 aromatic heterocycles. The van der Waals surface area contributed by atoms with Crippen LogP contribution in [0.5, 0.6) is 11.5 Å². The molecule has 0 amide bonds. The summed E-state index contributed by atoms with van der Waals surface area (Å²) in [6.45, 7) is 1.89. The number of benzene rings is 1. The third-order valence-electron chi connectivity index (χ3n) is 5.00. The zero-order valence-corrected chi connectivity index (χ0v) is 15.2. The molecule has 23 heavy (non-hydrogen) atoms. The molecule has 0 N–H and O–H groups in total. The summed E-state index contributed by atoms with van der Waals surface area (Å²) in [4.78, 5) is 0. The van der Waals surface area contributed by atoms with E-state index in [2.05, 4.69) is 0 Å². The SMILES string of the molecule is COc1ccc(CCS(=O)(=O)C(C)C2CCCCC2)cc1OC. The van der Waals surface area contributed by atoms with Crippen molar-refractivity contribution in [3.63, 3.8) is 0 Å². The number of hydrogen-bond donors (Lipinski definition) is 0. The van der Waals surface area contributed by atoms with Gasteiger partial charge in [-0.15, -0.1) is 0 Å². The summed E-state index contributed by atoms with van der Waals surface area (Å²) in [5, 5.41) is -0.233. The van der Waals surface area contributed by atoms with Crippen LogP contribution in [-0.4, -0.2) is 33.6 Å². The Bertz CT molecular complexity index is 603. The molecule has 1 saturated carbocycles. The van der Waals surface area contributed by atoms with Crippen LogP contribution in [0.4, 0.5) is 0 Å². The number of aryl methyl sites for hydroxylation is 1. The molecule has 1 aromatic carbocycles. The van der Waals surface area contributed by atoms with Crippen molar-refractivity contribution in [1.82, 2.24) is 0 Å². The van der Waals surface area contributed by atoms with Crippen molar-refractivity contribution in [3.8, 4) is 11.5 Å². The normalized spacial score (nSPS) is 17.7. The lowest BCUT2D eigenvalue weighted by molar-refractivity contribution is 0.348. The summed E-state index contributed by atoms with van der Waals surface area (Å²) in [6, 6.07) is 5.59. The van der Waals surface area contributed by atoms with E-state index in [1.54, 1.807) is 14.2 Å². The maximum absolute atomic E-state index is 12.6. The Hall–Kier alpha value is -1.23. The largest absolute Gasteiger partial charge is 0.493 e. The van der Waals surface area contributed by atoms with Gasteiger partial charge in [-0.25, -0.2) is 8.42 Å². The van der Waals surface area contributed by atoms with E-state index in [1.807, 2.05) is 25.1 Å². The molecule has 0 aliphatic heterocycles. The number of ether oxygens (including phenoxy) is 2. The number of hydrogen-bond acceptors (Lipinski definition) is 4. The average molecular weight is 340 g/mol. The van der Waals surface area contributed by atoms with Gasteiger partial charge in [-0.05, 0) is 49.8 Å². The molecule has 1 atom stereocenters. The second-order valence-corrected chi connectivity index (χ2v) is 8.89. The van der Waals surface area contributed by atoms with Crippen LogP contribution in [0.15, 0.2) is 18.2 Å². The molecule has 5 heteroatoms. The predicted molar refractivity (Wildman–Crippen MR) is 93.1 cm³/mol. The van der Waals surface area contributed by atoms with Gasteiger partial charge in [0.15, 0.2) is 21.3 Å². The smallest absolute Gasteiger partial charge is 0.160 e. The Morgan fingerprint density at radius 2 is 1.74 bits per heavy atom. The van der Waals surface area contributed by atoms with E-state index in [0.29, 0.717) is 23.8 Å². The Kier molecular flexibility index (Phi) is 6.33. The van der Waals surface area contributed by atoms with Crippen LogP contribution in [0.1, 0.15) is 44.6 Å². The summed E-state index contributed by atoms with van der Waals surface area (Å²) < 4.78 is 35.7. The summed E-state index contributed by atoms with van der Waals surface area (Å²) in [7, 11) is 0.113. The molecule has 0 heterocycles. The molecule has 1 aliphatic rings. The molecule has 1 aromatic rings. The Labute approximate surface area is 140 Å².